The van der Waals surface area contributed by atoms with Crippen molar-refractivity contribution in [1.29, 1.82) is 0 Å². The van der Waals surface area contributed by atoms with Gasteiger partial charge in [0.1, 0.15) is 0 Å². The number of benzene rings is 3. The van der Waals surface area contributed by atoms with Gasteiger partial charge in [-0.05, 0) is 36.3 Å². The van der Waals surface area contributed by atoms with Gasteiger partial charge >= 0.3 is 0 Å². The number of aryl methyl sites for hydroxylation is 1. The zero-order valence-corrected chi connectivity index (χ0v) is 17.3. The van der Waals surface area contributed by atoms with E-state index in [0.29, 0.717) is 18.7 Å². The lowest BCUT2D eigenvalue weighted by atomic mass is 10.1. The topological polar surface area (TPSA) is 75.5 Å². The fraction of sp³-hybridized carbons (Fsp3) is 0.130. The highest BCUT2D eigenvalue weighted by molar-refractivity contribution is 7.80. The number of nitro groups is 1. The molecule has 6 nitrogen and oxygen atoms in total. The first kappa shape index (κ1) is 21.1. The summed E-state index contributed by atoms with van der Waals surface area (Å²) in [6.45, 7) is 2.66. The number of nitrogens with zero attached hydrogens (tertiary/aromatic N) is 2. The van der Waals surface area contributed by atoms with Crippen LogP contribution in [0.1, 0.15) is 27.0 Å². The van der Waals surface area contributed by atoms with Crippen LogP contribution in [0.4, 0.5) is 5.69 Å². The Morgan fingerprint density at radius 2 is 1.50 bits per heavy atom. The number of amides is 1. The van der Waals surface area contributed by atoms with Crippen LogP contribution in [0.25, 0.3) is 0 Å². The minimum absolute atomic E-state index is 0.0982. The maximum atomic E-state index is 12.7. The summed E-state index contributed by atoms with van der Waals surface area (Å²) in [5.41, 5.74) is 2.69. The van der Waals surface area contributed by atoms with Crippen LogP contribution in [0.2, 0.25) is 0 Å². The lowest BCUT2D eigenvalue weighted by Gasteiger charge is -2.26. The molecular formula is C23H21N3O3S. The largest absolute Gasteiger partial charge is 0.340 e. The van der Waals surface area contributed by atoms with Gasteiger partial charge in [0.15, 0.2) is 5.11 Å². The first-order valence-corrected chi connectivity index (χ1v) is 9.78. The normalized spacial score (nSPS) is 10.3. The summed E-state index contributed by atoms with van der Waals surface area (Å²) in [6.07, 6.45) is 0. The van der Waals surface area contributed by atoms with Crippen LogP contribution >= 0.6 is 12.2 Å². The molecule has 0 aliphatic heterocycles. The monoisotopic (exact) mass is 419 g/mol. The number of nitro benzene ring substituents is 1. The summed E-state index contributed by atoms with van der Waals surface area (Å²) >= 11 is 5.52. The van der Waals surface area contributed by atoms with Crippen molar-refractivity contribution in [3.63, 3.8) is 0 Å². The fourth-order valence-corrected chi connectivity index (χ4v) is 3.22. The maximum absolute atomic E-state index is 12.7. The Morgan fingerprint density at radius 3 is 2.00 bits per heavy atom. The van der Waals surface area contributed by atoms with E-state index in [1.54, 1.807) is 19.1 Å². The molecule has 3 rings (SSSR count). The Hall–Kier alpha value is -3.58. The van der Waals surface area contributed by atoms with Gasteiger partial charge in [-0.25, -0.2) is 0 Å². The molecule has 152 valence electrons. The van der Waals surface area contributed by atoms with Crippen LogP contribution in [0, 0.1) is 17.0 Å². The van der Waals surface area contributed by atoms with Gasteiger partial charge in [-0.2, -0.15) is 0 Å². The Bertz CT molecular complexity index is 1010. The molecule has 0 atom stereocenters. The number of rotatable bonds is 6. The van der Waals surface area contributed by atoms with Crippen molar-refractivity contribution in [2.24, 2.45) is 0 Å². The molecule has 0 saturated carbocycles. The SMILES string of the molecule is Cc1ccc(C(=O)NC(=S)N(Cc2ccccc2)Cc2ccccc2)cc1[N+](=O)[O-]. The third-order valence-corrected chi connectivity index (χ3v) is 4.97. The highest BCUT2D eigenvalue weighted by Gasteiger charge is 2.18. The molecule has 0 heterocycles. The number of thiocarbonyl (C=S) groups is 1. The molecule has 0 aliphatic rings. The molecule has 1 N–H and O–H groups in total. The summed E-state index contributed by atoms with van der Waals surface area (Å²) in [7, 11) is 0. The van der Waals surface area contributed by atoms with Crippen molar-refractivity contribution >= 4 is 28.9 Å². The van der Waals surface area contributed by atoms with Crippen LogP contribution in [0.5, 0.6) is 0 Å². The number of nitrogens with one attached hydrogen (secondary N) is 1. The van der Waals surface area contributed by atoms with Crippen LogP contribution in [-0.4, -0.2) is 20.8 Å². The molecule has 0 aliphatic carbocycles. The van der Waals surface area contributed by atoms with Gasteiger partial charge in [0.25, 0.3) is 11.6 Å². The summed E-state index contributed by atoms with van der Waals surface area (Å²) in [5.74, 6) is -0.478. The predicted molar refractivity (Wildman–Crippen MR) is 120 cm³/mol. The van der Waals surface area contributed by atoms with Gasteiger partial charge in [0, 0.05) is 30.3 Å². The van der Waals surface area contributed by atoms with E-state index in [0.717, 1.165) is 11.1 Å². The summed E-state index contributed by atoms with van der Waals surface area (Å²) in [5, 5.41) is 14.2. The standard InChI is InChI=1S/C23H21N3O3S/c1-17-12-13-20(14-21(17)26(28)29)22(27)24-23(30)25(15-18-8-4-2-5-9-18)16-19-10-6-3-7-11-19/h2-14H,15-16H2,1H3,(H,24,27,30). The lowest BCUT2D eigenvalue weighted by Crippen LogP contribution is -2.42. The first-order valence-electron chi connectivity index (χ1n) is 9.37. The van der Waals surface area contributed by atoms with E-state index < -0.39 is 10.8 Å². The van der Waals surface area contributed by atoms with Crippen molar-refractivity contribution in [3.05, 3.63) is 111 Å². The van der Waals surface area contributed by atoms with Crippen molar-refractivity contribution in [2.75, 3.05) is 0 Å². The highest BCUT2D eigenvalue weighted by atomic mass is 32.1. The van der Waals surface area contributed by atoms with E-state index in [4.69, 9.17) is 12.2 Å². The predicted octanol–water partition coefficient (Wildman–Crippen LogP) is 4.62. The fourth-order valence-electron chi connectivity index (χ4n) is 3.00. The van der Waals surface area contributed by atoms with Crippen molar-refractivity contribution in [1.82, 2.24) is 10.2 Å². The second-order valence-electron chi connectivity index (χ2n) is 6.84. The van der Waals surface area contributed by atoms with Crippen LogP contribution in [0.15, 0.2) is 78.9 Å². The van der Waals surface area contributed by atoms with Gasteiger partial charge in [0.05, 0.1) is 4.92 Å². The molecule has 0 unspecified atom stereocenters. The molecule has 30 heavy (non-hydrogen) atoms. The summed E-state index contributed by atoms with van der Waals surface area (Å²) < 4.78 is 0. The molecule has 1 amide bonds. The third kappa shape index (κ3) is 5.48. The molecule has 0 fully saturated rings. The molecule has 0 spiro atoms. The summed E-state index contributed by atoms with van der Waals surface area (Å²) in [4.78, 5) is 25.3. The molecule has 0 aromatic heterocycles. The van der Waals surface area contributed by atoms with Crippen LogP contribution in [0.3, 0.4) is 0 Å². The zero-order valence-electron chi connectivity index (χ0n) is 16.4. The maximum Gasteiger partial charge on any atom is 0.273 e. The Morgan fingerprint density at radius 1 is 0.967 bits per heavy atom. The first-order chi connectivity index (χ1) is 14.4. The second kappa shape index (κ2) is 9.76. The van der Waals surface area contributed by atoms with E-state index in [-0.39, 0.29) is 16.4 Å². The Labute approximate surface area is 180 Å². The molecule has 0 saturated heterocycles. The number of carbonyl (C=O) groups is 1. The van der Waals surface area contributed by atoms with Crippen molar-refractivity contribution in [2.45, 2.75) is 20.0 Å². The minimum Gasteiger partial charge on any atom is -0.340 e. The van der Waals surface area contributed by atoms with Gasteiger partial charge < -0.3 is 4.90 Å². The van der Waals surface area contributed by atoms with Crippen molar-refractivity contribution in [3.8, 4) is 0 Å². The van der Waals surface area contributed by atoms with E-state index in [1.807, 2.05) is 65.6 Å². The second-order valence-corrected chi connectivity index (χ2v) is 7.23. The van der Waals surface area contributed by atoms with Gasteiger partial charge in [0.2, 0.25) is 0 Å². The average Bonchev–Trinajstić information content (AvgIpc) is 2.74. The highest BCUT2D eigenvalue weighted by Crippen LogP contribution is 2.19. The van der Waals surface area contributed by atoms with Crippen LogP contribution in [-0.2, 0) is 13.1 Å². The molecule has 0 radical (unpaired) electrons. The van der Waals surface area contributed by atoms with Crippen LogP contribution < -0.4 is 5.32 Å². The molecular weight excluding hydrogens is 398 g/mol. The van der Waals surface area contributed by atoms with E-state index in [9.17, 15) is 14.9 Å². The average molecular weight is 420 g/mol. The van der Waals surface area contributed by atoms with E-state index in [1.165, 1.54) is 6.07 Å². The number of hydrogen-bond acceptors (Lipinski definition) is 4. The zero-order chi connectivity index (χ0) is 21.5. The van der Waals surface area contributed by atoms with Crippen molar-refractivity contribution < 1.29 is 9.72 Å². The van der Waals surface area contributed by atoms with E-state index >= 15 is 0 Å². The Balaban J connectivity index is 1.79. The Kier molecular flexibility index (Phi) is 6.87. The molecule has 7 heteroatoms. The van der Waals surface area contributed by atoms with Gasteiger partial charge in [-0.3, -0.25) is 20.2 Å². The van der Waals surface area contributed by atoms with Gasteiger partial charge in [-0.15, -0.1) is 0 Å². The number of carbonyl (C=O) groups excluding carboxylic acids is 1. The third-order valence-electron chi connectivity index (χ3n) is 4.61. The van der Waals surface area contributed by atoms with E-state index in [2.05, 4.69) is 5.32 Å². The quantitative estimate of drug-likeness (QED) is 0.358. The minimum atomic E-state index is -0.498. The molecule has 3 aromatic rings. The number of hydrogen-bond donors (Lipinski definition) is 1. The lowest BCUT2D eigenvalue weighted by molar-refractivity contribution is -0.385. The van der Waals surface area contributed by atoms with Gasteiger partial charge in [-0.1, -0.05) is 66.7 Å². The smallest absolute Gasteiger partial charge is 0.273 e. The molecule has 0 bridgehead atoms. The summed E-state index contributed by atoms with van der Waals surface area (Å²) in [6, 6.07) is 24.0. The molecule has 3 aromatic carbocycles.